The maximum atomic E-state index is 12.2. The molecule has 0 aromatic carbocycles. The number of morpholine rings is 1. The summed E-state index contributed by atoms with van der Waals surface area (Å²) in [5.74, 6) is -0.230. The Kier molecular flexibility index (Phi) is 4.27. The van der Waals surface area contributed by atoms with E-state index in [1.165, 1.54) is 4.90 Å². The third-order valence-corrected chi connectivity index (χ3v) is 3.26. The van der Waals surface area contributed by atoms with Crippen LogP contribution in [0.2, 0.25) is 0 Å². The highest BCUT2D eigenvalue weighted by atomic mass is 32.1. The van der Waals surface area contributed by atoms with Crippen LogP contribution in [-0.4, -0.2) is 71.7 Å². The first-order chi connectivity index (χ1) is 9.09. The normalized spacial score (nSPS) is 15.2. The summed E-state index contributed by atoms with van der Waals surface area (Å²) in [6.07, 6.45) is 0. The Morgan fingerprint density at radius 1 is 1.37 bits per heavy atom. The van der Waals surface area contributed by atoms with E-state index in [1.54, 1.807) is 19.0 Å². The van der Waals surface area contributed by atoms with Gasteiger partial charge in [0.05, 0.1) is 13.2 Å². The summed E-state index contributed by atoms with van der Waals surface area (Å²) in [5.41, 5.74) is 0.183. The minimum absolute atomic E-state index is 0.183. The van der Waals surface area contributed by atoms with Gasteiger partial charge >= 0.3 is 6.03 Å². The number of hydrogen-bond acceptors (Lipinski definition) is 6. The maximum absolute atomic E-state index is 12.2. The molecule has 0 radical (unpaired) electrons. The minimum Gasteiger partial charge on any atom is -0.378 e. The van der Waals surface area contributed by atoms with Crippen molar-refractivity contribution < 1.29 is 14.3 Å². The fourth-order valence-corrected chi connectivity index (χ4v) is 2.09. The van der Waals surface area contributed by atoms with Crippen molar-refractivity contribution >= 4 is 28.5 Å². The number of anilines is 1. The summed E-state index contributed by atoms with van der Waals surface area (Å²) >= 11 is 0.989. The molecule has 104 valence electrons. The number of carbonyl (C=O) groups is 2. The van der Waals surface area contributed by atoms with Gasteiger partial charge in [0.15, 0.2) is 10.7 Å². The molecule has 19 heavy (non-hydrogen) atoms. The van der Waals surface area contributed by atoms with Gasteiger partial charge in [0.25, 0.3) is 5.91 Å². The average molecular weight is 285 g/mol. The van der Waals surface area contributed by atoms with Crippen LogP contribution in [0.1, 0.15) is 10.5 Å². The van der Waals surface area contributed by atoms with Crippen molar-refractivity contribution in [2.75, 3.05) is 45.7 Å². The van der Waals surface area contributed by atoms with Crippen molar-refractivity contribution in [3.8, 4) is 0 Å². The Hall–Kier alpha value is -1.74. The molecule has 2 rings (SSSR count). The monoisotopic (exact) mass is 285 g/mol. The van der Waals surface area contributed by atoms with Gasteiger partial charge in [0.2, 0.25) is 0 Å². The van der Waals surface area contributed by atoms with E-state index in [9.17, 15) is 9.59 Å². The molecule has 0 spiro atoms. The number of nitrogens with one attached hydrogen (secondary N) is 1. The molecule has 9 heteroatoms. The van der Waals surface area contributed by atoms with E-state index in [-0.39, 0.29) is 17.6 Å². The summed E-state index contributed by atoms with van der Waals surface area (Å²) in [6.45, 7) is 2.08. The van der Waals surface area contributed by atoms with Crippen molar-refractivity contribution in [1.82, 2.24) is 19.4 Å². The van der Waals surface area contributed by atoms with E-state index in [2.05, 4.69) is 14.9 Å². The van der Waals surface area contributed by atoms with E-state index in [1.807, 2.05) is 0 Å². The van der Waals surface area contributed by atoms with E-state index in [0.717, 1.165) is 11.5 Å². The van der Waals surface area contributed by atoms with Gasteiger partial charge in [-0.25, -0.2) is 4.79 Å². The fourth-order valence-electron chi connectivity index (χ4n) is 1.54. The number of aromatic nitrogens is 2. The van der Waals surface area contributed by atoms with E-state index in [4.69, 9.17) is 4.74 Å². The molecule has 1 aromatic heterocycles. The van der Waals surface area contributed by atoms with Crippen LogP contribution in [0.5, 0.6) is 0 Å². The molecule has 3 amide bonds. The predicted octanol–water partition coefficient (Wildman–Crippen LogP) is 0.104. The number of hydrogen-bond donors (Lipinski definition) is 1. The molecule has 1 saturated heterocycles. The molecule has 1 aliphatic heterocycles. The van der Waals surface area contributed by atoms with E-state index < -0.39 is 0 Å². The highest BCUT2D eigenvalue weighted by molar-refractivity contribution is 7.10. The van der Waals surface area contributed by atoms with Crippen LogP contribution in [0.4, 0.5) is 9.80 Å². The van der Waals surface area contributed by atoms with Gasteiger partial charge in [-0.15, -0.1) is 5.10 Å². The standard InChI is InChI=1S/C10H15N5O3S/c1-14(2)10(17)11-8-7(12-13-19-8)9(16)15-3-5-18-6-4-15/h3-6H2,1-2H3,(H,11,17). The zero-order chi connectivity index (χ0) is 13.8. The number of urea groups is 1. The van der Waals surface area contributed by atoms with Gasteiger partial charge < -0.3 is 14.5 Å². The van der Waals surface area contributed by atoms with Crippen LogP contribution in [-0.2, 0) is 4.74 Å². The SMILES string of the molecule is CN(C)C(=O)Nc1snnc1C(=O)N1CCOCC1. The smallest absolute Gasteiger partial charge is 0.322 e. The predicted molar refractivity (Wildman–Crippen MR) is 69.3 cm³/mol. The summed E-state index contributed by atoms with van der Waals surface area (Å²) in [6, 6.07) is -0.318. The van der Waals surface area contributed by atoms with E-state index >= 15 is 0 Å². The Labute approximate surface area is 114 Å². The lowest BCUT2D eigenvalue weighted by molar-refractivity contribution is 0.0299. The third-order valence-electron chi connectivity index (χ3n) is 2.62. The molecule has 1 aliphatic rings. The second kappa shape index (κ2) is 5.93. The Morgan fingerprint density at radius 3 is 2.68 bits per heavy atom. The van der Waals surface area contributed by atoms with Crippen LogP contribution in [0.15, 0.2) is 0 Å². The molecule has 0 atom stereocenters. The fraction of sp³-hybridized carbons (Fsp3) is 0.600. The molecule has 0 aliphatic carbocycles. The van der Waals surface area contributed by atoms with Gasteiger partial charge in [-0.2, -0.15) is 0 Å². The molecule has 0 unspecified atom stereocenters. The van der Waals surface area contributed by atoms with Gasteiger partial charge in [-0.05, 0) is 0 Å². The first kappa shape index (κ1) is 13.7. The zero-order valence-corrected chi connectivity index (χ0v) is 11.6. The molecule has 2 heterocycles. The zero-order valence-electron chi connectivity index (χ0n) is 10.8. The lowest BCUT2D eigenvalue weighted by Gasteiger charge is -2.26. The molecule has 1 aromatic rings. The lowest BCUT2D eigenvalue weighted by Crippen LogP contribution is -2.41. The Morgan fingerprint density at radius 2 is 2.05 bits per heavy atom. The first-order valence-corrected chi connectivity index (χ1v) is 6.54. The maximum Gasteiger partial charge on any atom is 0.322 e. The minimum atomic E-state index is -0.318. The molecular formula is C10H15N5O3S. The Bertz CT molecular complexity index is 469. The van der Waals surface area contributed by atoms with Gasteiger partial charge in [-0.3, -0.25) is 10.1 Å². The van der Waals surface area contributed by atoms with Crippen molar-refractivity contribution in [1.29, 1.82) is 0 Å². The van der Waals surface area contributed by atoms with Gasteiger partial charge in [-0.1, -0.05) is 4.49 Å². The molecule has 8 nitrogen and oxygen atoms in total. The van der Waals surface area contributed by atoms with E-state index in [0.29, 0.717) is 31.3 Å². The summed E-state index contributed by atoms with van der Waals surface area (Å²) < 4.78 is 8.92. The molecule has 1 fully saturated rings. The van der Waals surface area contributed by atoms with Crippen molar-refractivity contribution in [3.05, 3.63) is 5.69 Å². The number of carbonyl (C=O) groups excluding carboxylic acids is 2. The first-order valence-electron chi connectivity index (χ1n) is 5.77. The quantitative estimate of drug-likeness (QED) is 0.833. The topological polar surface area (TPSA) is 87.7 Å². The number of rotatable bonds is 2. The number of ether oxygens (including phenoxy) is 1. The van der Waals surface area contributed by atoms with Gasteiger partial charge in [0.1, 0.15) is 0 Å². The highest BCUT2D eigenvalue weighted by Crippen LogP contribution is 2.20. The van der Waals surface area contributed by atoms with Crippen LogP contribution < -0.4 is 5.32 Å². The van der Waals surface area contributed by atoms with Crippen molar-refractivity contribution in [2.24, 2.45) is 0 Å². The largest absolute Gasteiger partial charge is 0.378 e. The summed E-state index contributed by atoms with van der Waals surface area (Å²) in [7, 11) is 3.24. The number of nitrogens with zero attached hydrogens (tertiary/aromatic N) is 4. The molecule has 0 bridgehead atoms. The molecule has 1 N–H and O–H groups in total. The second-order valence-corrected chi connectivity index (χ2v) is 4.93. The molecular weight excluding hydrogens is 270 g/mol. The molecule has 0 saturated carbocycles. The lowest BCUT2D eigenvalue weighted by atomic mass is 10.3. The van der Waals surface area contributed by atoms with Crippen LogP contribution in [0.25, 0.3) is 0 Å². The van der Waals surface area contributed by atoms with Gasteiger partial charge in [0, 0.05) is 38.7 Å². The number of amides is 3. The van der Waals surface area contributed by atoms with Crippen molar-refractivity contribution in [2.45, 2.75) is 0 Å². The second-order valence-electron chi connectivity index (χ2n) is 4.18. The summed E-state index contributed by atoms with van der Waals surface area (Å²) in [5, 5.41) is 6.79. The summed E-state index contributed by atoms with van der Waals surface area (Å²) in [4.78, 5) is 26.8. The highest BCUT2D eigenvalue weighted by Gasteiger charge is 2.25. The van der Waals surface area contributed by atoms with Crippen LogP contribution in [0.3, 0.4) is 0 Å². The van der Waals surface area contributed by atoms with Crippen molar-refractivity contribution in [3.63, 3.8) is 0 Å². The van der Waals surface area contributed by atoms with Crippen LogP contribution in [0, 0.1) is 0 Å². The Balaban J connectivity index is 2.10. The third kappa shape index (κ3) is 3.18. The average Bonchev–Trinajstić information content (AvgIpc) is 2.87. The van der Waals surface area contributed by atoms with Crippen LogP contribution >= 0.6 is 11.5 Å².